The summed E-state index contributed by atoms with van der Waals surface area (Å²) in [5.74, 6) is 0.912. The summed E-state index contributed by atoms with van der Waals surface area (Å²) in [5, 5.41) is 3.32. The van der Waals surface area contributed by atoms with Gasteiger partial charge in [-0.25, -0.2) is 9.97 Å². The van der Waals surface area contributed by atoms with Crippen LogP contribution in [0.25, 0.3) is 11.0 Å². The van der Waals surface area contributed by atoms with Crippen LogP contribution in [0.15, 0.2) is 48.9 Å². The summed E-state index contributed by atoms with van der Waals surface area (Å²) in [4.78, 5) is 8.67. The van der Waals surface area contributed by atoms with Gasteiger partial charge in [0.25, 0.3) is 0 Å². The number of hydrogen-bond acceptors (Lipinski definition) is 3. The molecule has 0 aliphatic rings. The van der Waals surface area contributed by atoms with E-state index in [2.05, 4.69) is 25.9 Å². The van der Waals surface area contributed by atoms with E-state index in [-0.39, 0.29) is 0 Å². The maximum atomic E-state index is 4.36. The molecule has 0 amide bonds. The third-order valence-electron chi connectivity index (χ3n) is 2.95. The highest BCUT2D eigenvalue weighted by atomic mass is 15.2. The normalized spacial score (nSPS) is 10.7. The number of para-hydroxylation sites is 2. The van der Waals surface area contributed by atoms with Gasteiger partial charge < -0.3 is 9.88 Å². The molecule has 2 aromatic heterocycles. The van der Waals surface area contributed by atoms with Gasteiger partial charge in [0.15, 0.2) is 0 Å². The Balaban J connectivity index is 1.83. The van der Waals surface area contributed by atoms with Gasteiger partial charge in [-0.05, 0) is 30.7 Å². The monoisotopic (exact) mass is 238 g/mol. The van der Waals surface area contributed by atoms with Gasteiger partial charge in [0.2, 0.25) is 0 Å². The lowest BCUT2D eigenvalue weighted by molar-refractivity contribution is 0.794. The number of aromatic nitrogens is 3. The summed E-state index contributed by atoms with van der Waals surface area (Å²) in [7, 11) is 0. The van der Waals surface area contributed by atoms with Gasteiger partial charge >= 0.3 is 0 Å². The highest BCUT2D eigenvalue weighted by Crippen LogP contribution is 2.13. The lowest BCUT2D eigenvalue weighted by atomic mass is 10.3. The van der Waals surface area contributed by atoms with Crippen LogP contribution in [0.3, 0.4) is 0 Å². The number of nitrogens with one attached hydrogen (secondary N) is 1. The summed E-state index contributed by atoms with van der Waals surface area (Å²) in [6.45, 7) is 2.71. The molecule has 3 aromatic rings. The van der Waals surface area contributed by atoms with E-state index < -0.39 is 0 Å². The van der Waals surface area contributed by atoms with E-state index in [0.29, 0.717) is 6.67 Å². The molecule has 2 heterocycles. The minimum atomic E-state index is 0.665. The fraction of sp³-hybridized carbons (Fsp3) is 0.143. The second kappa shape index (κ2) is 4.49. The fourth-order valence-corrected chi connectivity index (χ4v) is 1.97. The molecule has 0 saturated carbocycles. The molecule has 0 saturated heterocycles. The maximum absolute atomic E-state index is 4.36. The van der Waals surface area contributed by atoms with Gasteiger partial charge in [-0.1, -0.05) is 18.2 Å². The van der Waals surface area contributed by atoms with Crippen molar-refractivity contribution >= 4 is 16.9 Å². The van der Waals surface area contributed by atoms with Crippen LogP contribution < -0.4 is 5.32 Å². The fourth-order valence-electron chi connectivity index (χ4n) is 1.97. The van der Waals surface area contributed by atoms with Crippen LogP contribution in [0.1, 0.15) is 5.56 Å². The molecule has 0 unspecified atom stereocenters. The molecule has 4 heteroatoms. The van der Waals surface area contributed by atoms with Crippen molar-refractivity contribution in [3.63, 3.8) is 0 Å². The van der Waals surface area contributed by atoms with Crippen LogP contribution in [0.4, 0.5) is 5.82 Å². The van der Waals surface area contributed by atoms with E-state index in [4.69, 9.17) is 0 Å². The van der Waals surface area contributed by atoms with Crippen molar-refractivity contribution in [3.8, 4) is 0 Å². The summed E-state index contributed by atoms with van der Waals surface area (Å²) >= 11 is 0. The molecule has 0 atom stereocenters. The smallest absolute Gasteiger partial charge is 0.130 e. The first-order chi connectivity index (χ1) is 8.84. The van der Waals surface area contributed by atoms with Crippen molar-refractivity contribution in [2.45, 2.75) is 13.6 Å². The van der Waals surface area contributed by atoms with Crippen molar-refractivity contribution in [3.05, 3.63) is 54.5 Å². The van der Waals surface area contributed by atoms with Crippen molar-refractivity contribution in [1.82, 2.24) is 14.5 Å². The van der Waals surface area contributed by atoms with Gasteiger partial charge in [-0.3, -0.25) is 0 Å². The number of pyridine rings is 1. The molecule has 0 bridgehead atoms. The molecule has 1 aromatic carbocycles. The Labute approximate surface area is 105 Å². The number of nitrogens with zero attached hydrogens (tertiary/aromatic N) is 3. The zero-order valence-corrected chi connectivity index (χ0v) is 10.2. The average molecular weight is 238 g/mol. The topological polar surface area (TPSA) is 42.7 Å². The van der Waals surface area contributed by atoms with Crippen molar-refractivity contribution in [2.75, 3.05) is 5.32 Å². The second-order valence-electron chi connectivity index (χ2n) is 4.21. The van der Waals surface area contributed by atoms with Gasteiger partial charge in [-0.2, -0.15) is 0 Å². The lowest BCUT2D eigenvalue weighted by Crippen LogP contribution is -2.08. The van der Waals surface area contributed by atoms with E-state index in [1.807, 2.05) is 43.6 Å². The summed E-state index contributed by atoms with van der Waals surface area (Å²) in [6, 6.07) is 12.1. The highest BCUT2D eigenvalue weighted by Gasteiger charge is 2.02. The minimum Gasteiger partial charge on any atom is -0.352 e. The van der Waals surface area contributed by atoms with E-state index in [1.54, 1.807) is 6.20 Å². The zero-order valence-electron chi connectivity index (χ0n) is 10.2. The number of imidazole rings is 1. The van der Waals surface area contributed by atoms with Crippen molar-refractivity contribution < 1.29 is 0 Å². The molecule has 0 spiro atoms. The minimum absolute atomic E-state index is 0.665. The predicted molar refractivity (Wildman–Crippen MR) is 72.3 cm³/mol. The molecule has 0 aliphatic heterocycles. The molecule has 0 aliphatic carbocycles. The maximum Gasteiger partial charge on any atom is 0.130 e. The second-order valence-corrected chi connectivity index (χ2v) is 4.21. The number of hydrogen-bond donors (Lipinski definition) is 1. The first kappa shape index (κ1) is 10.8. The largest absolute Gasteiger partial charge is 0.352 e. The van der Waals surface area contributed by atoms with Gasteiger partial charge in [0, 0.05) is 6.20 Å². The SMILES string of the molecule is Cc1cccnc1NCn1cnc2ccccc21. The molecule has 1 N–H and O–H groups in total. The van der Waals surface area contributed by atoms with Crippen molar-refractivity contribution in [2.24, 2.45) is 0 Å². The first-order valence-electron chi connectivity index (χ1n) is 5.90. The number of rotatable bonds is 3. The van der Waals surface area contributed by atoms with Gasteiger partial charge in [0.1, 0.15) is 5.82 Å². The van der Waals surface area contributed by atoms with E-state index >= 15 is 0 Å². The Morgan fingerprint density at radius 2 is 2.00 bits per heavy atom. The van der Waals surface area contributed by atoms with Crippen LogP contribution in [0.5, 0.6) is 0 Å². The Bertz CT molecular complexity index is 672. The Kier molecular flexibility index (Phi) is 2.68. The number of aryl methyl sites for hydroxylation is 1. The summed E-state index contributed by atoms with van der Waals surface area (Å²) in [5.41, 5.74) is 3.28. The van der Waals surface area contributed by atoms with E-state index in [9.17, 15) is 0 Å². The zero-order chi connectivity index (χ0) is 12.4. The van der Waals surface area contributed by atoms with Crippen LogP contribution in [0, 0.1) is 6.92 Å². The van der Waals surface area contributed by atoms with Crippen LogP contribution in [0.2, 0.25) is 0 Å². The third-order valence-corrected chi connectivity index (χ3v) is 2.95. The molecular formula is C14H14N4. The van der Waals surface area contributed by atoms with Gasteiger partial charge in [0.05, 0.1) is 24.0 Å². The summed E-state index contributed by atoms with van der Waals surface area (Å²) in [6.07, 6.45) is 3.64. The Morgan fingerprint density at radius 1 is 1.11 bits per heavy atom. The molecule has 0 fully saturated rings. The number of anilines is 1. The lowest BCUT2D eigenvalue weighted by Gasteiger charge is -2.09. The van der Waals surface area contributed by atoms with E-state index in [1.165, 1.54) is 0 Å². The third kappa shape index (κ3) is 1.93. The first-order valence-corrected chi connectivity index (χ1v) is 5.90. The number of fused-ring (bicyclic) bond motifs is 1. The molecule has 0 radical (unpaired) electrons. The molecule has 90 valence electrons. The van der Waals surface area contributed by atoms with E-state index in [0.717, 1.165) is 22.4 Å². The average Bonchev–Trinajstić information content (AvgIpc) is 2.81. The predicted octanol–water partition coefficient (Wildman–Crippen LogP) is 2.81. The molecular weight excluding hydrogens is 224 g/mol. The van der Waals surface area contributed by atoms with Crippen LogP contribution in [-0.4, -0.2) is 14.5 Å². The quantitative estimate of drug-likeness (QED) is 0.763. The Hall–Kier alpha value is -2.36. The summed E-state index contributed by atoms with van der Waals surface area (Å²) < 4.78 is 2.07. The molecule has 4 nitrogen and oxygen atoms in total. The van der Waals surface area contributed by atoms with Gasteiger partial charge in [-0.15, -0.1) is 0 Å². The number of benzene rings is 1. The van der Waals surface area contributed by atoms with Crippen LogP contribution >= 0.6 is 0 Å². The molecule has 3 rings (SSSR count). The molecule has 18 heavy (non-hydrogen) atoms. The van der Waals surface area contributed by atoms with Crippen LogP contribution in [-0.2, 0) is 6.67 Å². The highest BCUT2D eigenvalue weighted by molar-refractivity contribution is 5.75. The Morgan fingerprint density at radius 3 is 2.89 bits per heavy atom. The standard InChI is InChI=1S/C14H14N4/c1-11-5-4-8-15-14(11)17-10-18-9-16-12-6-2-3-7-13(12)18/h2-9H,10H2,1H3,(H,15,17). The van der Waals surface area contributed by atoms with Crippen molar-refractivity contribution in [1.29, 1.82) is 0 Å².